The molecule has 0 saturated carbocycles. The van der Waals surface area contributed by atoms with E-state index in [1.807, 2.05) is 23.1 Å². The fourth-order valence-corrected chi connectivity index (χ4v) is 3.15. The van der Waals surface area contributed by atoms with Crippen LogP contribution in [0, 0.1) is 0 Å². The summed E-state index contributed by atoms with van der Waals surface area (Å²) in [5.74, 6) is 0.190. The first-order valence-electron chi connectivity index (χ1n) is 7.62. The molecule has 2 heterocycles. The first-order chi connectivity index (χ1) is 10.1. The highest BCUT2D eigenvalue weighted by molar-refractivity contribution is 5.95. The number of nitrogens with zero attached hydrogens (tertiary/aromatic N) is 2. The Hall–Kier alpha value is -1.59. The maximum Gasteiger partial charge on any atom is 0.227 e. The lowest BCUT2D eigenvalue weighted by Crippen LogP contribution is -2.47. The second kappa shape index (κ2) is 6.03. The number of amides is 1. The Morgan fingerprint density at radius 2 is 2.24 bits per heavy atom. The van der Waals surface area contributed by atoms with Gasteiger partial charge in [0.25, 0.3) is 0 Å². The molecule has 0 aliphatic carbocycles. The fraction of sp³-hybridized carbons (Fsp3) is 0.562. The molecule has 1 unspecified atom stereocenters. The predicted octanol–water partition coefficient (Wildman–Crippen LogP) is 1.27. The molecule has 1 atom stereocenters. The SMILES string of the molecule is CN1CCOC(CN2C(=O)CCCc3cc(N)ccc32)C1. The van der Waals surface area contributed by atoms with E-state index >= 15 is 0 Å². The molecule has 1 amide bonds. The van der Waals surface area contributed by atoms with Gasteiger partial charge < -0.3 is 20.3 Å². The van der Waals surface area contributed by atoms with E-state index in [9.17, 15) is 4.79 Å². The number of likely N-dealkylation sites (N-methyl/N-ethyl adjacent to an activating group) is 1. The number of fused-ring (bicyclic) bond motifs is 1. The van der Waals surface area contributed by atoms with Crippen molar-refractivity contribution in [2.45, 2.75) is 25.4 Å². The number of carbonyl (C=O) groups is 1. The largest absolute Gasteiger partial charge is 0.399 e. The molecule has 1 saturated heterocycles. The van der Waals surface area contributed by atoms with Gasteiger partial charge in [0.1, 0.15) is 0 Å². The molecule has 5 heteroatoms. The number of benzene rings is 1. The molecule has 2 N–H and O–H groups in total. The first-order valence-corrected chi connectivity index (χ1v) is 7.62. The van der Waals surface area contributed by atoms with Crippen molar-refractivity contribution in [1.29, 1.82) is 0 Å². The number of aryl methyl sites for hydroxylation is 1. The van der Waals surface area contributed by atoms with E-state index in [2.05, 4.69) is 11.9 Å². The summed E-state index contributed by atoms with van der Waals surface area (Å²) < 4.78 is 5.82. The number of nitrogens with two attached hydrogens (primary N) is 1. The minimum atomic E-state index is 0.0798. The highest BCUT2D eigenvalue weighted by Crippen LogP contribution is 2.29. The Bertz CT molecular complexity index is 532. The average Bonchev–Trinajstić information content (AvgIpc) is 2.59. The molecule has 2 aliphatic heterocycles. The van der Waals surface area contributed by atoms with Gasteiger partial charge >= 0.3 is 0 Å². The number of ether oxygens (including phenoxy) is 1. The number of nitrogen functional groups attached to an aromatic ring is 1. The van der Waals surface area contributed by atoms with Crippen LogP contribution in [0.2, 0.25) is 0 Å². The van der Waals surface area contributed by atoms with E-state index in [0.29, 0.717) is 13.0 Å². The Morgan fingerprint density at radius 1 is 1.38 bits per heavy atom. The van der Waals surface area contributed by atoms with Gasteiger partial charge in [0.2, 0.25) is 5.91 Å². The van der Waals surface area contributed by atoms with Gasteiger partial charge in [0, 0.05) is 30.9 Å². The van der Waals surface area contributed by atoms with Crippen molar-refractivity contribution >= 4 is 17.3 Å². The van der Waals surface area contributed by atoms with Gasteiger partial charge in [-0.05, 0) is 43.7 Å². The van der Waals surface area contributed by atoms with Gasteiger partial charge in [-0.3, -0.25) is 4.79 Å². The zero-order valence-corrected chi connectivity index (χ0v) is 12.5. The van der Waals surface area contributed by atoms with Gasteiger partial charge in [-0.25, -0.2) is 0 Å². The summed E-state index contributed by atoms with van der Waals surface area (Å²) in [4.78, 5) is 16.6. The zero-order chi connectivity index (χ0) is 14.8. The van der Waals surface area contributed by atoms with Crippen LogP contribution in [0.1, 0.15) is 18.4 Å². The third-order valence-corrected chi connectivity index (χ3v) is 4.26. The van der Waals surface area contributed by atoms with Gasteiger partial charge in [-0.2, -0.15) is 0 Å². The second-order valence-electron chi connectivity index (χ2n) is 6.00. The van der Waals surface area contributed by atoms with Crippen molar-refractivity contribution in [2.75, 3.05) is 43.9 Å². The van der Waals surface area contributed by atoms with E-state index in [0.717, 1.165) is 43.9 Å². The molecule has 1 aromatic carbocycles. The molecule has 2 aliphatic rings. The lowest BCUT2D eigenvalue weighted by molar-refractivity contribution is -0.119. The Kier molecular flexibility index (Phi) is 4.12. The molecule has 0 bridgehead atoms. The zero-order valence-electron chi connectivity index (χ0n) is 12.5. The van der Waals surface area contributed by atoms with E-state index in [4.69, 9.17) is 10.5 Å². The average molecular weight is 289 g/mol. The number of hydrogen-bond acceptors (Lipinski definition) is 4. The van der Waals surface area contributed by atoms with Gasteiger partial charge in [0.05, 0.1) is 19.3 Å². The van der Waals surface area contributed by atoms with Crippen molar-refractivity contribution in [3.05, 3.63) is 23.8 Å². The minimum absolute atomic E-state index is 0.0798. The molecule has 0 aromatic heterocycles. The van der Waals surface area contributed by atoms with E-state index < -0.39 is 0 Å². The highest BCUT2D eigenvalue weighted by atomic mass is 16.5. The minimum Gasteiger partial charge on any atom is -0.399 e. The summed E-state index contributed by atoms with van der Waals surface area (Å²) in [6, 6.07) is 5.84. The van der Waals surface area contributed by atoms with Crippen LogP contribution in [-0.4, -0.2) is 50.2 Å². The van der Waals surface area contributed by atoms with Crippen LogP contribution in [-0.2, 0) is 16.0 Å². The van der Waals surface area contributed by atoms with Crippen LogP contribution in [0.4, 0.5) is 11.4 Å². The summed E-state index contributed by atoms with van der Waals surface area (Å²) in [5, 5.41) is 0. The van der Waals surface area contributed by atoms with E-state index in [1.165, 1.54) is 5.56 Å². The molecule has 1 aromatic rings. The molecular weight excluding hydrogens is 266 g/mol. The van der Waals surface area contributed by atoms with Crippen molar-refractivity contribution < 1.29 is 9.53 Å². The Morgan fingerprint density at radius 3 is 3.05 bits per heavy atom. The van der Waals surface area contributed by atoms with Crippen LogP contribution in [0.15, 0.2) is 18.2 Å². The quantitative estimate of drug-likeness (QED) is 0.833. The molecule has 0 spiro atoms. The van der Waals surface area contributed by atoms with Crippen molar-refractivity contribution in [3.8, 4) is 0 Å². The summed E-state index contributed by atoms with van der Waals surface area (Å²) in [6.45, 7) is 3.18. The number of hydrogen-bond donors (Lipinski definition) is 1. The van der Waals surface area contributed by atoms with Crippen LogP contribution >= 0.6 is 0 Å². The molecule has 0 radical (unpaired) electrons. The van der Waals surface area contributed by atoms with Crippen LogP contribution in [0.25, 0.3) is 0 Å². The standard InChI is InChI=1S/C16H23N3O2/c1-18-7-8-21-14(10-18)11-19-15-6-5-13(17)9-12(15)3-2-4-16(19)20/h5-6,9,14H,2-4,7-8,10-11,17H2,1H3. The van der Waals surface area contributed by atoms with Crippen molar-refractivity contribution in [2.24, 2.45) is 0 Å². The van der Waals surface area contributed by atoms with Gasteiger partial charge in [0.15, 0.2) is 0 Å². The molecular formula is C16H23N3O2. The van der Waals surface area contributed by atoms with Crippen molar-refractivity contribution in [1.82, 2.24) is 4.90 Å². The molecule has 5 nitrogen and oxygen atoms in total. The topological polar surface area (TPSA) is 58.8 Å². The Labute approximate surface area is 125 Å². The highest BCUT2D eigenvalue weighted by Gasteiger charge is 2.27. The predicted molar refractivity (Wildman–Crippen MR) is 83.4 cm³/mol. The van der Waals surface area contributed by atoms with Crippen LogP contribution in [0.5, 0.6) is 0 Å². The monoisotopic (exact) mass is 289 g/mol. The van der Waals surface area contributed by atoms with Gasteiger partial charge in [-0.15, -0.1) is 0 Å². The third-order valence-electron chi connectivity index (χ3n) is 4.26. The number of morpholine rings is 1. The lowest BCUT2D eigenvalue weighted by atomic mass is 10.1. The third kappa shape index (κ3) is 3.19. The van der Waals surface area contributed by atoms with E-state index in [-0.39, 0.29) is 12.0 Å². The van der Waals surface area contributed by atoms with Crippen molar-refractivity contribution in [3.63, 3.8) is 0 Å². The summed E-state index contributed by atoms with van der Waals surface area (Å²) in [6.07, 6.45) is 2.47. The van der Waals surface area contributed by atoms with Gasteiger partial charge in [-0.1, -0.05) is 0 Å². The number of carbonyl (C=O) groups excluding carboxylic acids is 1. The Balaban J connectivity index is 1.83. The summed E-state index contributed by atoms with van der Waals surface area (Å²) >= 11 is 0. The summed E-state index contributed by atoms with van der Waals surface area (Å²) in [5.41, 5.74) is 8.82. The second-order valence-corrected chi connectivity index (χ2v) is 6.00. The van der Waals surface area contributed by atoms with E-state index in [1.54, 1.807) is 0 Å². The fourth-order valence-electron chi connectivity index (χ4n) is 3.15. The van der Waals surface area contributed by atoms with Crippen LogP contribution in [0.3, 0.4) is 0 Å². The maximum absolute atomic E-state index is 12.4. The number of rotatable bonds is 2. The smallest absolute Gasteiger partial charge is 0.227 e. The first kappa shape index (κ1) is 14.4. The maximum atomic E-state index is 12.4. The summed E-state index contributed by atoms with van der Waals surface area (Å²) in [7, 11) is 2.09. The molecule has 1 fully saturated rings. The molecule has 3 rings (SSSR count). The normalized spacial score (nSPS) is 23.8. The molecule has 21 heavy (non-hydrogen) atoms. The number of anilines is 2. The molecule has 114 valence electrons. The van der Waals surface area contributed by atoms with Crippen LogP contribution < -0.4 is 10.6 Å². The lowest BCUT2D eigenvalue weighted by Gasteiger charge is -2.34.